The molecule has 28 rings (SSSR count). The van der Waals surface area contributed by atoms with Crippen molar-refractivity contribution in [2.24, 2.45) is 0 Å². The monoisotopic (exact) mass is 1810 g/mol. The summed E-state index contributed by atoms with van der Waals surface area (Å²) in [6.07, 6.45) is -49.7. The summed E-state index contributed by atoms with van der Waals surface area (Å²) in [4.78, 5) is 0. The fourth-order valence-corrected chi connectivity index (χ4v) is 16.4. The normalized spacial score (nSPS) is 38.4. The van der Waals surface area contributed by atoms with Crippen LogP contribution >= 0.6 is 0 Å². The molecule has 25 heterocycles. The summed E-state index contributed by atoms with van der Waals surface area (Å²) in [5.41, 5.74) is 2.37. The molecule has 3 aromatic rings. The minimum atomic E-state index is -2.14. The fourth-order valence-electron chi connectivity index (χ4n) is 16.4. The summed E-state index contributed by atoms with van der Waals surface area (Å²) in [5, 5.41) is 147. The molecule has 12 N–H and O–H groups in total. The molecule has 25 saturated heterocycles. The molecule has 0 spiro atoms. The zero-order chi connectivity index (χ0) is 88.9. The lowest BCUT2D eigenvalue weighted by atomic mass is 9.94. The van der Waals surface area contributed by atoms with Crippen molar-refractivity contribution in [2.45, 2.75) is 281 Å². The van der Waals surface area contributed by atoms with Crippen molar-refractivity contribution in [1.29, 1.82) is 0 Å². The molecule has 25 aliphatic rings. The van der Waals surface area contributed by atoms with Crippen LogP contribution in [0.25, 0.3) is 0 Å². The lowest BCUT2D eigenvalue weighted by molar-refractivity contribution is -0.404. The van der Waals surface area contributed by atoms with E-state index in [2.05, 4.69) is 0 Å². The molecule has 42 nitrogen and oxygen atoms in total. The van der Waals surface area contributed by atoms with E-state index in [1.54, 1.807) is 54.6 Å². The van der Waals surface area contributed by atoms with Gasteiger partial charge in [-0.05, 0) is 111 Å². The Balaban J connectivity index is 0.768. The maximum Gasteiger partial charge on any atom is 0.187 e. The predicted octanol–water partition coefficient (Wildman–Crippen LogP) is -1.63. The minimum Gasteiger partial charge on any atom is -0.493 e. The van der Waals surface area contributed by atoms with Crippen LogP contribution in [0.2, 0.25) is 0 Å². The number of rotatable bonds is 36. The quantitative estimate of drug-likeness (QED) is 0.0291. The van der Waals surface area contributed by atoms with Crippen molar-refractivity contribution in [1.82, 2.24) is 0 Å². The summed E-state index contributed by atoms with van der Waals surface area (Å²) in [6, 6.07) is 15.8. The second-order valence-electron chi connectivity index (χ2n) is 32.2. The van der Waals surface area contributed by atoms with Gasteiger partial charge in [0.15, 0.2) is 91.1 Å². The Morgan fingerprint density at radius 3 is 0.698 bits per heavy atom. The molecule has 0 saturated carbocycles. The van der Waals surface area contributed by atoms with Gasteiger partial charge in [0.2, 0.25) is 0 Å². The first-order valence-electron chi connectivity index (χ1n) is 43.0. The molecule has 0 aliphatic carbocycles. The van der Waals surface area contributed by atoms with E-state index in [4.69, 9.17) is 142 Å². The highest BCUT2D eigenvalue weighted by atomic mass is 16.8. The lowest BCUT2D eigenvalue weighted by Crippen LogP contribution is -2.69. The first-order chi connectivity index (χ1) is 61.2. The summed E-state index contributed by atoms with van der Waals surface area (Å²) < 4.78 is 182. The molecule has 126 heavy (non-hydrogen) atoms. The van der Waals surface area contributed by atoms with Crippen LogP contribution in [0.3, 0.4) is 0 Å². The largest absolute Gasteiger partial charge is 0.493 e. The van der Waals surface area contributed by atoms with Crippen molar-refractivity contribution in [3.8, 4) is 34.5 Å². The van der Waals surface area contributed by atoms with E-state index in [1.165, 1.54) is 42.7 Å². The second kappa shape index (κ2) is 48.6. The van der Waals surface area contributed by atoms with Gasteiger partial charge < -0.3 is 203 Å². The van der Waals surface area contributed by atoms with Crippen molar-refractivity contribution >= 4 is 0 Å². The van der Waals surface area contributed by atoms with Crippen LogP contribution in [-0.2, 0) is 134 Å². The second-order valence-corrected chi connectivity index (χ2v) is 32.2. The fraction of sp³-hybridized carbons (Fsp3) is 0.786. The van der Waals surface area contributed by atoms with E-state index in [0.29, 0.717) is 54.3 Å². The molecule has 3 aromatic carbocycles. The van der Waals surface area contributed by atoms with Gasteiger partial charge in [0.1, 0.15) is 166 Å². The average Bonchev–Trinajstić information content (AvgIpc) is 0.769. The molecule has 12 bridgehead atoms. The standard InChI is InChI=1S/C84H126O42/c1-97-37-52-73-61(85)67(91)79(115-52)124-76-55(40-103-25-28-106-46-19-16-43(31-49(46)100-4)34-112-58-13-7-10-22-109-58)119-83(71(95)65(76)89)122-74-53(38-98-2)117-81(69(93)63(74)87)126-78-57(42-105-27-30-108-48-21-18-45(33-51(48)102-6)36-114-60-15-9-12-24-111-60)120-84(72(96)66(78)90)123-75-54(39-99-3)116-80(68(92)62(75)86)125-77-56(118-82(121-73)70(94)64(77)88)41-104-26-29-107-47-20-17-44(32-50(47)101-5)35-113-59-14-8-11-23-110-59/h16-21,31-33,52-96H,7-15,22-30,34-42H2,1-6H3. The molecule has 42 heteroatoms. The van der Waals surface area contributed by atoms with Gasteiger partial charge in [-0.15, -0.1) is 0 Å². The van der Waals surface area contributed by atoms with Crippen molar-refractivity contribution in [3.63, 3.8) is 0 Å². The average molecular weight is 1810 g/mol. The summed E-state index contributed by atoms with van der Waals surface area (Å²) in [7, 11) is 8.25. The third-order valence-corrected chi connectivity index (χ3v) is 23.3. The van der Waals surface area contributed by atoms with Crippen LogP contribution in [0.15, 0.2) is 54.6 Å². The molecule has 33 atom stereocenters. The number of benzene rings is 3. The van der Waals surface area contributed by atoms with Gasteiger partial charge in [0.05, 0.1) is 101 Å². The highest BCUT2D eigenvalue weighted by Gasteiger charge is 2.59. The first-order valence-corrected chi connectivity index (χ1v) is 43.0. The van der Waals surface area contributed by atoms with Crippen molar-refractivity contribution < 1.29 is 203 Å². The van der Waals surface area contributed by atoms with Gasteiger partial charge in [0.25, 0.3) is 0 Å². The van der Waals surface area contributed by atoms with E-state index in [0.717, 1.165) is 74.5 Å². The van der Waals surface area contributed by atoms with E-state index in [1.807, 2.05) is 0 Å². The number of hydrogen-bond donors (Lipinski definition) is 12. The van der Waals surface area contributed by atoms with Crippen LogP contribution < -0.4 is 28.4 Å². The van der Waals surface area contributed by atoms with E-state index >= 15 is 0 Å². The van der Waals surface area contributed by atoms with E-state index in [9.17, 15) is 61.3 Å². The van der Waals surface area contributed by atoms with Gasteiger partial charge >= 0.3 is 0 Å². The lowest BCUT2D eigenvalue weighted by Gasteiger charge is -2.51. The minimum absolute atomic E-state index is 0.113. The number of aliphatic hydroxyl groups is 12. The summed E-state index contributed by atoms with van der Waals surface area (Å²) in [6.45, 7) is -1.21. The highest BCUT2D eigenvalue weighted by Crippen LogP contribution is 2.41. The Hall–Kier alpha value is -4.98. The number of methoxy groups -OCH3 is 6. The molecule has 714 valence electrons. The van der Waals surface area contributed by atoms with Gasteiger partial charge in [-0.25, -0.2) is 0 Å². The SMILES string of the molecule is COCC1OC2OC3C(COCCOc4ccc(COC5CCCCO5)cc4OC)OC(OC4C(COC)OC(OC5C(COCCOc6ccc(COC7CCCCO7)cc6OC)OC(OC6C(COC)OC(OC7C(COCCOc8ccc(COC9CCCCO9)cc8OC)OC(OC1C(O)C2O)C(O)C7O)C(O)C6O)C(O)C5O)C(O)C4O)C(O)C3O. The van der Waals surface area contributed by atoms with E-state index in [-0.39, 0.29) is 78.3 Å². The van der Waals surface area contributed by atoms with Crippen LogP contribution in [0.4, 0.5) is 0 Å². The van der Waals surface area contributed by atoms with Crippen LogP contribution in [-0.4, -0.2) is 406 Å². The van der Waals surface area contributed by atoms with Crippen LogP contribution in [0.5, 0.6) is 34.5 Å². The van der Waals surface area contributed by atoms with Crippen LogP contribution in [0.1, 0.15) is 74.5 Å². The Labute approximate surface area is 729 Å². The number of hydrogen-bond acceptors (Lipinski definition) is 42. The predicted molar refractivity (Wildman–Crippen MR) is 422 cm³/mol. The van der Waals surface area contributed by atoms with Gasteiger partial charge in [-0.2, -0.15) is 0 Å². The Morgan fingerprint density at radius 2 is 0.492 bits per heavy atom. The Kier molecular flexibility index (Phi) is 38.0. The molecular weight excluding hydrogens is 1680 g/mol. The maximum absolute atomic E-state index is 12.4. The topological polar surface area (TPSA) is 520 Å². The molecular formula is C84H126O42. The third kappa shape index (κ3) is 25.3. The Morgan fingerprint density at radius 1 is 0.262 bits per heavy atom. The zero-order valence-electron chi connectivity index (χ0n) is 71.5. The highest BCUT2D eigenvalue weighted by molar-refractivity contribution is 5.44. The van der Waals surface area contributed by atoms with Crippen LogP contribution in [0, 0.1) is 0 Å². The Bertz CT molecular complexity index is 3290. The summed E-state index contributed by atoms with van der Waals surface area (Å²) in [5.74, 6) is 2.18. The zero-order valence-corrected chi connectivity index (χ0v) is 71.5. The molecule has 0 aromatic heterocycles. The molecule has 0 amide bonds. The molecule has 33 unspecified atom stereocenters. The third-order valence-electron chi connectivity index (χ3n) is 23.3. The van der Waals surface area contributed by atoms with Crippen molar-refractivity contribution in [3.05, 3.63) is 71.3 Å². The van der Waals surface area contributed by atoms with Gasteiger partial charge in [-0.1, -0.05) is 18.2 Å². The van der Waals surface area contributed by atoms with E-state index < -0.39 is 224 Å². The van der Waals surface area contributed by atoms with Gasteiger partial charge in [0, 0.05) is 41.2 Å². The van der Waals surface area contributed by atoms with Gasteiger partial charge in [-0.3, -0.25) is 0 Å². The van der Waals surface area contributed by atoms with Crippen molar-refractivity contribution in [2.75, 3.05) is 142 Å². The number of ether oxygens (including phenoxy) is 30. The molecule has 25 aliphatic heterocycles. The smallest absolute Gasteiger partial charge is 0.187 e. The maximum atomic E-state index is 12.4. The first kappa shape index (κ1) is 98.5. The number of aliphatic hydroxyl groups excluding tert-OH is 12. The summed E-state index contributed by atoms with van der Waals surface area (Å²) >= 11 is 0. The molecule has 25 fully saturated rings. The molecule has 0 radical (unpaired) electrons.